The van der Waals surface area contributed by atoms with Crippen LogP contribution >= 0.6 is 11.3 Å². The van der Waals surface area contributed by atoms with Gasteiger partial charge in [-0.3, -0.25) is 0 Å². The zero-order chi connectivity index (χ0) is 20.1. The Balaban J connectivity index is 1.53. The van der Waals surface area contributed by atoms with E-state index in [2.05, 4.69) is 55.0 Å². The molecule has 0 radical (unpaired) electrons. The largest absolute Gasteiger partial charge is 0.393 e. The number of aromatic nitrogens is 3. The standard InChI is InChI=1S/C23H26N4OS/c1-14-10-16-12-21(29-20(16)11-15(14)2)19-13-24-22-8-9-23(25-27(19)22)26(3)17-4-6-18(28)7-5-17/h8-13,17-18,28H,4-7H2,1-3H3/t17-,18-. The number of imidazole rings is 1. The smallest absolute Gasteiger partial charge is 0.154 e. The molecule has 4 aromatic rings. The average molecular weight is 407 g/mol. The quantitative estimate of drug-likeness (QED) is 0.522. The van der Waals surface area contributed by atoms with Crippen LogP contribution in [0.5, 0.6) is 0 Å². The van der Waals surface area contributed by atoms with Gasteiger partial charge in [0.05, 0.1) is 17.2 Å². The summed E-state index contributed by atoms with van der Waals surface area (Å²) in [6.07, 6.45) is 5.53. The van der Waals surface area contributed by atoms with Crippen molar-refractivity contribution in [2.75, 3.05) is 11.9 Å². The predicted molar refractivity (Wildman–Crippen MR) is 120 cm³/mol. The van der Waals surface area contributed by atoms with Crippen molar-refractivity contribution in [3.05, 3.63) is 47.7 Å². The molecule has 150 valence electrons. The van der Waals surface area contributed by atoms with Gasteiger partial charge in [0.25, 0.3) is 0 Å². The first kappa shape index (κ1) is 18.6. The lowest BCUT2D eigenvalue weighted by molar-refractivity contribution is 0.122. The molecule has 1 aliphatic carbocycles. The minimum absolute atomic E-state index is 0.143. The Bertz CT molecular complexity index is 1150. The summed E-state index contributed by atoms with van der Waals surface area (Å²) in [4.78, 5) is 8.02. The molecule has 3 aromatic heterocycles. The van der Waals surface area contributed by atoms with E-state index in [4.69, 9.17) is 5.10 Å². The third-order valence-electron chi connectivity index (χ3n) is 6.31. The molecule has 0 amide bonds. The lowest BCUT2D eigenvalue weighted by Crippen LogP contribution is -2.37. The second-order valence-electron chi connectivity index (χ2n) is 8.26. The molecule has 0 atom stereocenters. The Hall–Kier alpha value is -2.44. The molecule has 0 unspecified atom stereocenters. The van der Waals surface area contributed by atoms with Gasteiger partial charge in [0.2, 0.25) is 0 Å². The molecule has 1 saturated carbocycles. The molecule has 5 nitrogen and oxygen atoms in total. The Labute approximate surface area is 174 Å². The second-order valence-corrected chi connectivity index (χ2v) is 9.35. The van der Waals surface area contributed by atoms with E-state index in [1.165, 1.54) is 26.1 Å². The van der Waals surface area contributed by atoms with Gasteiger partial charge < -0.3 is 10.0 Å². The van der Waals surface area contributed by atoms with E-state index in [1.54, 1.807) is 11.3 Å². The molecule has 0 bridgehead atoms. The van der Waals surface area contributed by atoms with Gasteiger partial charge in [0.1, 0.15) is 11.5 Å². The Morgan fingerprint density at radius 2 is 1.83 bits per heavy atom. The number of aliphatic hydroxyl groups is 1. The SMILES string of the molecule is Cc1cc2cc(-c3cnc4ccc(N(C)[C@H]5CC[C@H](O)CC5)nn34)sc2cc1C. The van der Waals surface area contributed by atoms with Gasteiger partial charge >= 0.3 is 0 Å². The fraction of sp³-hybridized carbons (Fsp3) is 0.391. The van der Waals surface area contributed by atoms with Crippen LogP contribution in [-0.4, -0.2) is 38.9 Å². The maximum absolute atomic E-state index is 9.80. The van der Waals surface area contributed by atoms with Crippen LogP contribution in [0.25, 0.3) is 26.3 Å². The fourth-order valence-corrected chi connectivity index (χ4v) is 5.42. The lowest BCUT2D eigenvalue weighted by atomic mass is 9.92. The van der Waals surface area contributed by atoms with Crippen molar-refractivity contribution >= 4 is 32.9 Å². The number of hydrogen-bond acceptors (Lipinski definition) is 5. The van der Waals surface area contributed by atoms with E-state index in [9.17, 15) is 5.11 Å². The molecule has 0 spiro atoms. The normalized spacial score (nSPS) is 19.9. The number of aliphatic hydroxyl groups excluding tert-OH is 1. The van der Waals surface area contributed by atoms with Crippen LogP contribution in [0, 0.1) is 13.8 Å². The van der Waals surface area contributed by atoms with E-state index < -0.39 is 0 Å². The number of nitrogens with zero attached hydrogens (tertiary/aromatic N) is 4. The van der Waals surface area contributed by atoms with Crippen molar-refractivity contribution < 1.29 is 5.11 Å². The molecule has 29 heavy (non-hydrogen) atoms. The zero-order valence-corrected chi connectivity index (χ0v) is 17.9. The monoisotopic (exact) mass is 406 g/mol. The summed E-state index contributed by atoms with van der Waals surface area (Å²) in [6.45, 7) is 4.32. The number of hydrogen-bond donors (Lipinski definition) is 1. The summed E-state index contributed by atoms with van der Waals surface area (Å²) < 4.78 is 3.26. The summed E-state index contributed by atoms with van der Waals surface area (Å²) in [7, 11) is 2.11. The van der Waals surface area contributed by atoms with Crippen LogP contribution in [0.4, 0.5) is 5.82 Å². The van der Waals surface area contributed by atoms with Crippen LogP contribution in [0.1, 0.15) is 36.8 Å². The van der Waals surface area contributed by atoms with E-state index in [1.807, 2.05) is 16.8 Å². The number of thiophene rings is 1. The molecule has 1 N–H and O–H groups in total. The molecular formula is C23H26N4OS. The van der Waals surface area contributed by atoms with Gasteiger partial charge in [0.15, 0.2) is 5.65 Å². The van der Waals surface area contributed by atoms with Gasteiger partial charge in [-0.1, -0.05) is 6.07 Å². The summed E-state index contributed by atoms with van der Waals surface area (Å²) in [5.41, 5.74) is 4.54. The highest BCUT2D eigenvalue weighted by molar-refractivity contribution is 7.22. The summed E-state index contributed by atoms with van der Waals surface area (Å²) in [5, 5.41) is 16.0. The lowest BCUT2D eigenvalue weighted by Gasteiger charge is -2.33. The van der Waals surface area contributed by atoms with Gasteiger partial charge in [-0.05, 0) is 80.3 Å². The van der Waals surface area contributed by atoms with Crippen LogP contribution in [0.15, 0.2) is 36.5 Å². The van der Waals surface area contributed by atoms with Crippen molar-refractivity contribution in [2.45, 2.75) is 51.7 Å². The maximum atomic E-state index is 9.80. The molecule has 0 aliphatic heterocycles. The first-order chi connectivity index (χ1) is 14.0. The van der Waals surface area contributed by atoms with E-state index >= 15 is 0 Å². The number of anilines is 1. The topological polar surface area (TPSA) is 53.7 Å². The zero-order valence-electron chi connectivity index (χ0n) is 17.1. The van der Waals surface area contributed by atoms with Crippen LogP contribution in [0.3, 0.4) is 0 Å². The van der Waals surface area contributed by atoms with Crippen molar-refractivity contribution in [1.29, 1.82) is 0 Å². The highest BCUT2D eigenvalue weighted by Gasteiger charge is 2.24. The van der Waals surface area contributed by atoms with E-state index in [0.29, 0.717) is 6.04 Å². The number of rotatable bonds is 3. The molecule has 5 rings (SSSR count). The molecular weight excluding hydrogens is 380 g/mol. The molecule has 0 saturated heterocycles. The molecule has 1 fully saturated rings. The van der Waals surface area contributed by atoms with Crippen LogP contribution < -0.4 is 4.90 Å². The van der Waals surface area contributed by atoms with Gasteiger partial charge in [0, 0.05) is 17.8 Å². The van der Waals surface area contributed by atoms with Crippen molar-refractivity contribution in [3.8, 4) is 10.6 Å². The van der Waals surface area contributed by atoms with Gasteiger partial charge in [-0.2, -0.15) is 0 Å². The van der Waals surface area contributed by atoms with E-state index in [0.717, 1.165) is 42.8 Å². The van der Waals surface area contributed by atoms with Crippen LogP contribution in [0.2, 0.25) is 0 Å². The Kier molecular flexibility index (Phi) is 4.56. The first-order valence-corrected chi connectivity index (χ1v) is 11.1. The molecule has 1 aliphatic rings. The van der Waals surface area contributed by atoms with Crippen molar-refractivity contribution in [3.63, 3.8) is 0 Å². The predicted octanol–water partition coefficient (Wildman–Crippen LogP) is 4.97. The third-order valence-corrected chi connectivity index (χ3v) is 7.43. The fourth-order valence-electron chi connectivity index (χ4n) is 4.28. The van der Waals surface area contributed by atoms with Crippen molar-refractivity contribution in [1.82, 2.24) is 14.6 Å². The Morgan fingerprint density at radius 1 is 1.07 bits per heavy atom. The van der Waals surface area contributed by atoms with Gasteiger partial charge in [-0.25, -0.2) is 9.50 Å². The number of aryl methyl sites for hydroxylation is 2. The summed E-state index contributed by atoms with van der Waals surface area (Å²) >= 11 is 1.79. The molecule has 6 heteroatoms. The first-order valence-electron chi connectivity index (χ1n) is 10.3. The Morgan fingerprint density at radius 3 is 2.62 bits per heavy atom. The number of fused-ring (bicyclic) bond motifs is 2. The molecule has 1 aromatic carbocycles. The van der Waals surface area contributed by atoms with Crippen LogP contribution in [-0.2, 0) is 0 Å². The highest BCUT2D eigenvalue weighted by Crippen LogP contribution is 2.35. The van der Waals surface area contributed by atoms with Gasteiger partial charge in [-0.15, -0.1) is 16.4 Å². The molecule has 3 heterocycles. The maximum Gasteiger partial charge on any atom is 0.154 e. The second kappa shape index (κ2) is 7.11. The summed E-state index contributed by atoms with van der Waals surface area (Å²) in [5.74, 6) is 0.950. The summed E-state index contributed by atoms with van der Waals surface area (Å²) in [6, 6.07) is 11.3. The number of benzene rings is 1. The highest BCUT2D eigenvalue weighted by atomic mass is 32.1. The minimum atomic E-state index is -0.143. The van der Waals surface area contributed by atoms with Crippen molar-refractivity contribution in [2.24, 2.45) is 0 Å². The van der Waals surface area contributed by atoms with E-state index in [-0.39, 0.29) is 6.10 Å². The minimum Gasteiger partial charge on any atom is -0.393 e. The third kappa shape index (κ3) is 3.30. The average Bonchev–Trinajstić information content (AvgIpc) is 3.31.